The van der Waals surface area contributed by atoms with Crippen LogP contribution >= 0.6 is 0 Å². The predicted octanol–water partition coefficient (Wildman–Crippen LogP) is 7.01. The average Bonchev–Trinajstić information content (AvgIpc) is 2.85. The molecule has 2 aliphatic rings. The first-order chi connectivity index (χ1) is 16.2. The number of rotatable bonds is 4. The standard InChI is InChI=1S/C30H29NO2/c1-2-33-30(32)27-25-17-9-15-23(19-21-11-5-3-6-12-21)28(25)31-29-24(16-10-18-26(27)29)20-22-13-7-4-8-14-22/h3-8,11-14,19-20H,2,9-10,15-18H2,1H3/b23-19+,24-20+. The highest BCUT2D eigenvalue weighted by Crippen LogP contribution is 2.40. The number of benzene rings is 2. The summed E-state index contributed by atoms with van der Waals surface area (Å²) in [5.41, 5.74) is 9.62. The number of pyridine rings is 1. The molecular weight excluding hydrogens is 406 g/mol. The van der Waals surface area contributed by atoms with E-state index in [4.69, 9.17) is 9.72 Å². The highest BCUT2D eigenvalue weighted by atomic mass is 16.5. The molecule has 0 spiro atoms. The zero-order chi connectivity index (χ0) is 22.6. The van der Waals surface area contributed by atoms with E-state index in [0.29, 0.717) is 6.61 Å². The summed E-state index contributed by atoms with van der Waals surface area (Å²) in [4.78, 5) is 18.5. The van der Waals surface area contributed by atoms with Crippen LogP contribution in [0.25, 0.3) is 23.3 Å². The molecule has 0 fully saturated rings. The van der Waals surface area contributed by atoms with Crippen molar-refractivity contribution in [3.8, 4) is 0 Å². The van der Waals surface area contributed by atoms with Gasteiger partial charge in [-0.15, -0.1) is 0 Å². The molecule has 166 valence electrons. The number of allylic oxidation sites excluding steroid dienone is 2. The molecule has 0 saturated carbocycles. The number of carbonyl (C=O) groups is 1. The van der Waals surface area contributed by atoms with Crippen LogP contribution in [0.15, 0.2) is 60.7 Å². The molecule has 5 rings (SSSR count). The third-order valence-corrected chi connectivity index (χ3v) is 6.51. The topological polar surface area (TPSA) is 39.2 Å². The lowest BCUT2D eigenvalue weighted by atomic mass is 9.80. The van der Waals surface area contributed by atoms with E-state index in [2.05, 4.69) is 60.7 Å². The minimum absolute atomic E-state index is 0.200. The van der Waals surface area contributed by atoms with Crippen LogP contribution in [0.1, 0.15) is 76.6 Å². The Labute approximate surface area is 195 Å². The van der Waals surface area contributed by atoms with Gasteiger partial charge in [0.05, 0.1) is 23.6 Å². The number of hydrogen-bond donors (Lipinski definition) is 0. The highest BCUT2D eigenvalue weighted by molar-refractivity contribution is 5.98. The summed E-state index contributed by atoms with van der Waals surface area (Å²) in [6.07, 6.45) is 10.2. The van der Waals surface area contributed by atoms with E-state index >= 15 is 0 Å². The van der Waals surface area contributed by atoms with Gasteiger partial charge in [-0.1, -0.05) is 60.7 Å². The maximum Gasteiger partial charge on any atom is 0.338 e. The number of carbonyl (C=O) groups excluding carboxylic acids is 1. The fourth-order valence-corrected chi connectivity index (χ4v) is 5.06. The molecule has 2 aliphatic carbocycles. The maximum atomic E-state index is 13.2. The second kappa shape index (κ2) is 9.58. The summed E-state index contributed by atoms with van der Waals surface area (Å²) in [7, 11) is 0. The smallest absolute Gasteiger partial charge is 0.338 e. The third-order valence-electron chi connectivity index (χ3n) is 6.51. The summed E-state index contributed by atoms with van der Waals surface area (Å²) < 4.78 is 5.56. The lowest BCUT2D eigenvalue weighted by Crippen LogP contribution is -2.21. The van der Waals surface area contributed by atoms with Crippen molar-refractivity contribution < 1.29 is 9.53 Å². The Morgan fingerprint density at radius 3 is 1.73 bits per heavy atom. The molecule has 2 aromatic carbocycles. The van der Waals surface area contributed by atoms with Crippen LogP contribution in [0.2, 0.25) is 0 Å². The molecule has 3 heteroatoms. The molecule has 1 heterocycles. The Morgan fingerprint density at radius 1 is 0.788 bits per heavy atom. The van der Waals surface area contributed by atoms with Crippen molar-refractivity contribution in [1.82, 2.24) is 4.98 Å². The van der Waals surface area contributed by atoms with Crippen molar-refractivity contribution in [2.75, 3.05) is 6.61 Å². The largest absolute Gasteiger partial charge is 0.462 e. The molecule has 33 heavy (non-hydrogen) atoms. The van der Waals surface area contributed by atoms with Gasteiger partial charge in [0.1, 0.15) is 0 Å². The molecule has 0 amide bonds. The third kappa shape index (κ3) is 4.41. The van der Waals surface area contributed by atoms with Crippen molar-refractivity contribution in [3.63, 3.8) is 0 Å². The summed E-state index contributed by atoms with van der Waals surface area (Å²) in [5.74, 6) is -0.200. The zero-order valence-electron chi connectivity index (χ0n) is 19.1. The molecule has 1 aromatic heterocycles. The fourth-order valence-electron chi connectivity index (χ4n) is 5.06. The van der Waals surface area contributed by atoms with E-state index in [9.17, 15) is 4.79 Å². The number of hydrogen-bond acceptors (Lipinski definition) is 3. The molecule has 0 bridgehead atoms. The van der Waals surface area contributed by atoms with Crippen LogP contribution in [0, 0.1) is 0 Å². The first kappa shape index (κ1) is 21.4. The number of esters is 1. The number of nitrogens with zero attached hydrogens (tertiary/aromatic N) is 1. The second-order valence-electron chi connectivity index (χ2n) is 8.73. The lowest BCUT2D eigenvalue weighted by Gasteiger charge is -2.28. The first-order valence-corrected chi connectivity index (χ1v) is 12.0. The fraction of sp³-hybridized carbons (Fsp3) is 0.267. The van der Waals surface area contributed by atoms with E-state index in [1.54, 1.807) is 0 Å². The highest BCUT2D eigenvalue weighted by Gasteiger charge is 2.31. The Hall–Kier alpha value is -3.46. The van der Waals surface area contributed by atoms with E-state index in [1.165, 1.54) is 11.1 Å². The van der Waals surface area contributed by atoms with Crippen molar-refractivity contribution in [2.24, 2.45) is 0 Å². The van der Waals surface area contributed by atoms with Crippen molar-refractivity contribution in [2.45, 2.75) is 45.4 Å². The summed E-state index contributed by atoms with van der Waals surface area (Å²) in [5, 5.41) is 0. The number of fused-ring (bicyclic) bond motifs is 2. The summed E-state index contributed by atoms with van der Waals surface area (Å²) >= 11 is 0. The average molecular weight is 436 g/mol. The van der Waals surface area contributed by atoms with Gasteiger partial charge in [0, 0.05) is 0 Å². The zero-order valence-corrected chi connectivity index (χ0v) is 19.1. The van der Waals surface area contributed by atoms with Crippen LogP contribution < -0.4 is 0 Å². The van der Waals surface area contributed by atoms with Gasteiger partial charge >= 0.3 is 5.97 Å². The van der Waals surface area contributed by atoms with Gasteiger partial charge in [0.15, 0.2) is 0 Å². The molecule has 0 N–H and O–H groups in total. The molecule has 0 radical (unpaired) electrons. The van der Waals surface area contributed by atoms with Gasteiger partial charge in [-0.2, -0.15) is 0 Å². The molecular formula is C30H29NO2. The Kier molecular flexibility index (Phi) is 6.21. The predicted molar refractivity (Wildman–Crippen MR) is 135 cm³/mol. The molecule has 3 nitrogen and oxygen atoms in total. The Morgan fingerprint density at radius 2 is 1.27 bits per heavy atom. The van der Waals surface area contributed by atoms with Gasteiger partial charge in [0.2, 0.25) is 0 Å². The normalized spacial score (nSPS) is 17.5. The van der Waals surface area contributed by atoms with Gasteiger partial charge < -0.3 is 4.74 Å². The van der Waals surface area contributed by atoms with Crippen LogP contribution in [0.3, 0.4) is 0 Å². The van der Waals surface area contributed by atoms with Crippen LogP contribution in [-0.4, -0.2) is 17.6 Å². The van der Waals surface area contributed by atoms with Crippen molar-refractivity contribution in [3.05, 3.63) is 99.9 Å². The Bertz CT molecular complexity index is 1140. The van der Waals surface area contributed by atoms with Crippen molar-refractivity contribution in [1.29, 1.82) is 0 Å². The van der Waals surface area contributed by atoms with Gasteiger partial charge in [-0.25, -0.2) is 9.78 Å². The van der Waals surface area contributed by atoms with Gasteiger partial charge in [-0.05, 0) is 91.0 Å². The minimum atomic E-state index is -0.200. The van der Waals surface area contributed by atoms with E-state index < -0.39 is 0 Å². The molecule has 0 atom stereocenters. The molecule has 3 aromatic rings. The summed E-state index contributed by atoms with van der Waals surface area (Å²) in [6.45, 7) is 2.25. The summed E-state index contributed by atoms with van der Waals surface area (Å²) in [6, 6.07) is 20.8. The van der Waals surface area contributed by atoms with Crippen LogP contribution in [0.4, 0.5) is 0 Å². The minimum Gasteiger partial charge on any atom is -0.462 e. The first-order valence-electron chi connectivity index (χ1n) is 12.0. The van der Waals surface area contributed by atoms with E-state index in [1.807, 2.05) is 19.1 Å². The molecule has 0 unspecified atom stereocenters. The monoisotopic (exact) mass is 435 g/mol. The van der Waals surface area contributed by atoms with Gasteiger partial charge in [0.25, 0.3) is 0 Å². The van der Waals surface area contributed by atoms with E-state index in [-0.39, 0.29) is 5.97 Å². The second-order valence-corrected chi connectivity index (χ2v) is 8.73. The lowest BCUT2D eigenvalue weighted by molar-refractivity contribution is 0.0523. The van der Waals surface area contributed by atoms with Gasteiger partial charge in [-0.3, -0.25) is 0 Å². The van der Waals surface area contributed by atoms with Crippen LogP contribution in [0.5, 0.6) is 0 Å². The maximum absolute atomic E-state index is 13.2. The number of aromatic nitrogens is 1. The number of ether oxygens (including phenoxy) is 1. The molecule has 0 saturated heterocycles. The van der Waals surface area contributed by atoms with E-state index in [0.717, 1.165) is 77.7 Å². The quantitative estimate of drug-likeness (QED) is 0.414. The van der Waals surface area contributed by atoms with Crippen molar-refractivity contribution >= 4 is 29.3 Å². The Balaban J connectivity index is 1.72. The SMILES string of the molecule is CCOC(=O)c1c2c(nc3c1CCC/C3=C\c1ccccc1)/C(=C/c1ccccc1)CCC2. The molecule has 0 aliphatic heterocycles. The van der Waals surface area contributed by atoms with Crippen LogP contribution in [-0.2, 0) is 17.6 Å².